The standard InChI is InChI=1S/C27H27N3O4/c1-5-20-25(18-12-15-23(33-3)24(16-18)34-4)26(29-22-9-7-6-8-21(22)28-20)30-27(31)17-10-13-19(32-2)14-11-17/h6-16,25H,5H2,1-4H3,(H,29,30,31)/t25-/m0/s1. The van der Waals surface area contributed by atoms with Gasteiger partial charge in [0.2, 0.25) is 0 Å². The molecule has 1 aliphatic rings. The van der Waals surface area contributed by atoms with Gasteiger partial charge in [-0.3, -0.25) is 9.79 Å². The topological polar surface area (TPSA) is 81.5 Å². The van der Waals surface area contributed by atoms with E-state index in [1.807, 2.05) is 49.4 Å². The molecule has 1 amide bonds. The lowest BCUT2D eigenvalue weighted by molar-refractivity contribution is 0.0976. The second-order valence-corrected chi connectivity index (χ2v) is 7.67. The summed E-state index contributed by atoms with van der Waals surface area (Å²) >= 11 is 0. The normalized spacial score (nSPS) is 14.8. The maximum atomic E-state index is 13.2. The SMILES string of the molecule is CCC1=Nc2ccccc2N=C(NC(=O)c2ccc(OC)cc2)[C@H]1c1ccc(OC)c(OC)c1. The molecule has 0 aliphatic carbocycles. The van der Waals surface area contributed by atoms with Gasteiger partial charge in [0.05, 0.1) is 38.6 Å². The van der Waals surface area contributed by atoms with Gasteiger partial charge in [-0.2, -0.15) is 0 Å². The number of benzene rings is 3. The predicted octanol–water partition coefficient (Wildman–Crippen LogP) is 5.45. The summed E-state index contributed by atoms with van der Waals surface area (Å²) in [6, 6.07) is 20.3. The Bertz CT molecular complexity index is 1250. The second-order valence-electron chi connectivity index (χ2n) is 7.67. The number of rotatable bonds is 6. The summed E-state index contributed by atoms with van der Waals surface area (Å²) in [7, 11) is 4.78. The van der Waals surface area contributed by atoms with E-state index in [9.17, 15) is 4.79 Å². The van der Waals surface area contributed by atoms with Crippen molar-refractivity contribution < 1.29 is 19.0 Å². The molecule has 7 nitrogen and oxygen atoms in total. The summed E-state index contributed by atoms with van der Waals surface area (Å²) in [6.07, 6.45) is 0.671. The van der Waals surface area contributed by atoms with Gasteiger partial charge < -0.3 is 19.5 Å². The molecule has 4 rings (SSSR count). The van der Waals surface area contributed by atoms with Crippen LogP contribution >= 0.6 is 0 Å². The second kappa shape index (κ2) is 10.2. The number of para-hydroxylation sites is 2. The first-order chi connectivity index (χ1) is 16.6. The van der Waals surface area contributed by atoms with E-state index in [-0.39, 0.29) is 11.8 Å². The van der Waals surface area contributed by atoms with E-state index in [2.05, 4.69) is 5.32 Å². The van der Waals surface area contributed by atoms with Crippen LogP contribution in [0.3, 0.4) is 0 Å². The smallest absolute Gasteiger partial charge is 0.256 e. The van der Waals surface area contributed by atoms with Crippen molar-refractivity contribution in [3.8, 4) is 17.2 Å². The molecule has 1 atom stereocenters. The molecule has 3 aromatic rings. The van der Waals surface area contributed by atoms with E-state index >= 15 is 0 Å². The van der Waals surface area contributed by atoms with E-state index in [0.29, 0.717) is 40.8 Å². The Morgan fingerprint density at radius 3 is 2.15 bits per heavy atom. The van der Waals surface area contributed by atoms with Crippen LogP contribution < -0.4 is 19.5 Å². The average molecular weight is 458 g/mol. The monoisotopic (exact) mass is 457 g/mol. The molecule has 0 saturated carbocycles. The van der Waals surface area contributed by atoms with Crippen molar-refractivity contribution in [3.63, 3.8) is 0 Å². The molecule has 3 aromatic carbocycles. The minimum Gasteiger partial charge on any atom is -0.497 e. The quantitative estimate of drug-likeness (QED) is 0.533. The first-order valence-electron chi connectivity index (χ1n) is 11.0. The zero-order chi connectivity index (χ0) is 24.1. The van der Waals surface area contributed by atoms with Crippen LogP contribution in [-0.2, 0) is 0 Å². The number of nitrogens with one attached hydrogen (secondary N) is 1. The minimum atomic E-state index is -0.376. The highest BCUT2D eigenvalue weighted by Gasteiger charge is 2.29. The third-order valence-corrected chi connectivity index (χ3v) is 5.69. The summed E-state index contributed by atoms with van der Waals surface area (Å²) in [5.41, 5.74) is 3.73. The first-order valence-corrected chi connectivity index (χ1v) is 11.0. The van der Waals surface area contributed by atoms with Crippen molar-refractivity contribution in [2.45, 2.75) is 19.3 Å². The number of methoxy groups -OCH3 is 3. The first kappa shape index (κ1) is 23.0. The lowest BCUT2D eigenvalue weighted by Gasteiger charge is -2.22. The number of carbonyl (C=O) groups is 1. The Morgan fingerprint density at radius 1 is 0.853 bits per heavy atom. The van der Waals surface area contributed by atoms with Crippen molar-refractivity contribution in [2.24, 2.45) is 9.98 Å². The molecular formula is C27H27N3O4. The van der Waals surface area contributed by atoms with Gasteiger partial charge in [-0.05, 0) is 60.5 Å². The number of amidine groups is 1. The lowest BCUT2D eigenvalue weighted by atomic mass is 9.90. The number of fused-ring (bicyclic) bond motifs is 1. The largest absolute Gasteiger partial charge is 0.497 e. The fourth-order valence-electron chi connectivity index (χ4n) is 3.92. The third kappa shape index (κ3) is 4.64. The van der Waals surface area contributed by atoms with Crippen LogP contribution in [0.25, 0.3) is 0 Å². The van der Waals surface area contributed by atoms with Crippen molar-refractivity contribution in [1.82, 2.24) is 5.32 Å². The number of nitrogens with zero attached hydrogens (tertiary/aromatic N) is 2. The number of hydrogen-bond acceptors (Lipinski definition) is 6. The highest BCUT2D eigenvalue weighted by Crippen LogP contribution is 2.37. The van der Waals surface area contributed by atoms with Gasteiger partial charge in [-0.1, -0.05) is 25.1 Å². The zero-order valence-corrected chi connectivity index (χ0v) is 19.7. The summed E-state index contributed by atoms with van der Waals surface area (Å²) in [4.78, 5) is 23.0. The van der Waals surface area contributed by atoms with Crippen molar-refractivity contribution >= 4 is 28.8 Å². The van der Waals surface area contributed by atoms with Gasteiger partial charge >= 0.3 is 0 Å². The Balaban J connectivity index is 1.81. The van der Waals surface area contributed by atoms with Crippen LogP contribution in [0.4, 0.5) is 11.4 Å². The molecule has 0 aromatic heterocycles. The number of hydrogen-bond donors (Lipinski definition) is 1. The van der Waals surface area contributed by atoms with Gasteiger partial charge in [0.1, 0.15) is 11.6 Å². The zero-order valence-electron chi connectivity index (χ0n) is 19.7. The van der Waals surface area contributed by atoms with Crippen molar-refractivity contribution in [2.75, 3.05) is 21.3 Å². The molecule has 174 valence electrons. The van der Waals surface area contributed by atoms with Gasteiger partial charge in [0, 0.05) is 11.3 Å². The van der Waals surface area contributed by atoms with Crippen LogP contribution in [-0.4, -0.2) is 38.8 Å². The lowest BCUT2D eigenvalue weighted by Crippen LogP contribution is -2.37. The van der Waals surface area contributed by atoms with Gasteiger partial charge in [0.25, 0.3) is 5.91 Å². The third-order valence-electron chi connectivity index (χ3n) is 5.69. The fraction of sp³-hybridized carbons (Fsp3) is 0.222. The minimum absolute atomic E-state index is 0.262. The number of aliphatic imine (C=N–C) groups is 2. The Kier molecular flexibility index (Phi) is 6.92. The molecule has 34 heavy (non-hydrogen) atoms. The van der Waals surface area contributed by atoms with E-state index < -0.39 is 0 Å². The number of amides is 1. The highest BCUT2D eigenvalue weighted by atomic mass is 16.5. The van der Waals surface area contributed by atoms with E-state index in [0.717, 1.165) is 17.0 Å². The molecule has 0 fully saturated rings. The molecule has 0 spiro atoms. The van der Waals surface area contributed by atoms with Crippen LogP contribution in [0.1, 0.15) is 35.2 Å². The molecule has 0 saturated heterocycles. The Hall–Kier alpha value is -4.13. The summed E-state index contributed by atoms with van der Waals surface area (Å²) in [6.45, 7) is 2.05. The van der Waals surface area contributed by atoms with E-state index in [4.69, 9.17) is 24.2 Å². The number of carbonyl (C=O) groups excluding carboxylic acids is 1. The fourth-order valence-corrected chi connectivity index (χ4v) is 3.92. The van der Waals surface area contributed by atoms with Gasteiger partial charge in [-0.15, -0.1) is 0 Å². The van der Waals surface area contributed by atoms with Crippen LogP contribution in [0.5, 0.6) is 17.2 Å². The molecular weight excluding hydrogens is 430 g/mol. The van der Waals surface area contributed by atoms with Crippen molar-refractivity contribution in [1.29, 1.82) is 0 Å². The summed E-state index contributed by atoms with van der Waals surface area (Å²) in [5, 5.41) is 3.05. The average Bonchev–Trinajstić information content (AvgIpc) is 3.04. The van der Waals surface area contributed by atoms with Crippen LogP contribution in [0, 0.1) is 0 Å². The Morgan fingerprint density at radius 2 is 1.53 bits per heavy atom. The van der Waals surface area contributed by atoms with Crippen LogP contribution in [0.2, 0.25) is 0 Å². The summed E-state index contributed by atoms with van der Waals surface area (Å²) < 4.78 is 16.1. The van der Waals surface area contributed by atoms with Crippen molar-refractivity contribution in [3.05, 3.63) is 77.9 Å². The molecule has 0 bridgehead atoms. The van der Waals surface area contributed by atoms with E-state index in [1.165, 1.54) is 0 Å². The molecule has 1 N–H and O–H groups in total. The molecule has 0 unspecified atom stereocenters. The van der Waals surface area contributed by atoms with E-state index in [1.54, 1.807) is 45.6 Å². The summed E-state index contributed by atoms with van der Waals surface area (Å²) in [5.74, 6) is 1.76. The Labute approximate surface area is 199 Å². The van der Waals surface area contributed by atoms with Gasteiger partial charge in [0.15, 0.2) is 11.5 Å². The highest BCUT2D eigenvalue weighted by molar-refractivity contribution is 6.19. The molecule has 1 aliphatic heterocycles. The maximum Gasteiger partial charge on any atom is 0.256 e. The number of ether oxygens (including phenoxy) is 3. The molecule has 1 heterocycles. The molecule has 0 radical (unpaired) electrons. The van der Waals surface area contributed by atoms with Gasteiger partial charge in [-0.25, -0.2) is 4.99 Å². The maximum absolute atomic E-state index is 13.2. The predicted molar refractivity (Wildman–Crippen MR) is 134 cm³/mol. The van der Waals surface area contributed by atoms with Crippen LogP contribution in [0.15, 0.2) is 76.7 Å². The molecule has 7 heteroatoms.